The number of carbonyl (C=O) groups is 2. The molecule has 0 unspecified atom stereocenters. The standard InChI is InChI=1S/C19H20N2O5/c1-5-25-19(23)18-12(3)21-11(2)17(18)14(22)10-26-15-7-6-13(9-20)8-16(15)24-4/h6-8,21H,5,10H2,1-4H3. The number of nitrogens with zero attached hydrogens (tertiary/aromatic N) is 1. The van der Waals surface area contributed by atoms with E-state index in [1.807, 2.05) is 6.07 Å². The summed E-state index contributed by atoms with van der Waals surface area (Å²) in [6.45, 7) is 5.06. The van der Waals surface area contributed by atoms with Gasteiger partial charge in [0.25, 0.3) is 0 Å². The van der Waals surface area contributed by atoms with Crippen molar-refractivity contribution >= 4 is 11.8 Å². The Labute approximate surface area is 151 Å². The number of benzene rings is 1. The van der Waals surface area contributed by atoms with Crippen molar-refractivity contribution < 1.29 is 23.8 Å². The highest BCUT2D eigenvalue weighted by Crippen LogP contribution is 2.28. The number of methoxy groups -OCH3 is 1. The Morgan fingerprint density at radius 1 is 1.15 bits per heavy atom. The molecule has 0 fully saturated rings. The maximum atomic E-state index is 12.7. The fourth-order valence-electron chi connectivity index (χ4n) is 2.66. The van der Waals surface area contributed by atoms with E-state index in [1.54, 1.807) is 32.9 Å². The Morgan fingerprint density at radius 3 is 2.46 bits per heavy atom. The second-order valence-electron chi connectivity index (χ2n) is 5.53. The maximum absolute atomic E-state index is 12.7. The Kier molecular flexibility index (Phi) is 6.02. The fraction of sp³-hybridized carbons (Fsp3) is 0.316. The van der Waals surface area contributed by atoms with Crippen molar-refractivity contribution in [1.29, 1.82) is 5.26 Å². The lowest BCUT2D eigenvalue weighted by Crippen LogP contribution is -2.17. The Morgan fingerprint density at radius 2 is 1.85 bits per heavy atom. The number of nitrogens with one attached hydrogen (secondary N) is 1. The first kappa shape index (κ1) is 19.1. The van der Waals surface area contributed by atoms with Gasteiger partial charge in [-0.15, -0.1) is 0 Å². The van der Waals surface area contributed by atoms with Crippen LogP contribution >= 0.6 is 0 Å². The maximum Gasteiger partial charge on any atom is 0.340 e. The molecule has 0 radical (unpaired) electrons. The number of H-pyrrole nitrogens is 1. The quantitative estimate of drug-likeness (QED) is 0.604. The van der Waals surface area contributed by atoms with Gasteiger partial charge in [0.15, 0.2) is 18.1 Å². The number of ketones is 1. The smallest absolute Gasteiger partial charge is 0.340 e. The minimum Gasteiger partial charge on any atom is -0.493 e. The molecule has 2 rings (SSSR count). The summed E-state index contributed by atoms with van der Waals surface area (Å²) < 4.78 is 15.8. The van der Waals surface area contributed by atoms with E-state index >= 15 is 0 Å². The average Bonchev–Trinajstić information content (AvgIpc) is 2.93. The van der Waals surface area contributed by atoms with Crippen LogP contribution in [0.1, 0.15) is 44.6 Å². The van der Waals surface area contributed by atoms with E-state index in [0.29, 0.717) is 28.5 Å². The van der Waals surface area contributed by atoms with Gasteiger partial charge >= 0.3 is 5.97 Å². The van der Waals surface area contributed by atoms with E-state index in [1.165, 1.54) is 13.2 Å². The zero-order valence-corrected chi connectivity index (χ0v) is 15.1. The van der Waals surface area contributed by atoms with Crippen molar-refractivity contribution in [3.8, 4) is 17.6 Å². The molecule has 0 aliphatic heterocycles. The molecule has 1 aromatic carbocycles. The number of carbonyl (C=O) groups excluding carboxylic acids is 2. The second kappa shape index (κ2) is 8.21. The summed E-state index contributed by atoms with van der Waals surface area (Å²) in [5, 5.41) is 8.93. The molecule has 1 heterocycles. The van der Waals surface area contributed by atoms with Gasteiger partial charge in [0, 0.05) is 17.5 Å². The topological polar surface area (TPSA) is 101 Å². The third-order valence-corrected chi connectivity index (χ3v) is 3.78. The number of Topliss-reactive ketones (excluding diaryl/α,β-unsaturated/α-hetero) is 1. The molecule has 0 spiro atoms. The highest BCUT2D eigenvalue weighted by atomic mass is 16.5. The lowest BCUT2D eigenvalue weighted by molar-refractivity contribution is 0.0522. The minimum absolute atomic E-state index is 0.217. The normalized spacial score (nSPS) is 10.1. The highest BCUT2D eigenvalue weighted by Gasteiger charge is 2.25. The molecule has 2 aromatic rings. The van der Waals surface area contributed by atoms with Gasteiger partial charge in [0.05, 0.1) is 36.5 Å². The van der Waals surface area contributed by atoms with Gasteiger partial charge in [-0.25, -0.2) is 4.79 Å². The lowest BCUT2D eigenvalue weighted by Gasteiger charge is -2.11. The predicted octanol–water partition coefficient (Wildman–Crippen LogP) is 2.95. The number of aromatic amines is 1. The van der Waals surface area contributed by atoms with Crippen LogP contribution in [0, 0.1) is 25.2 Å². The van der Waals surface area contributed by atoms with Crippen molar-refractivity contribution in [2.75, 3.05) is 20.3 Å². The Hall–Kier alpha value is -3.27. The zero-order valence-electron chi connectivity index (χ0n) is 15.1. The Balaban J connectivity index is 2.24. The number of nitriles is 1. The summed E-state index contributed by atoms with van der Waals surface area (Å²) in [6.07, 6.45) is 0. The van der Waals surface area contributed by atoms with Crippen LogP contribution in [0.15, 0.2) is 18.2 Å². The van der Waals surface area contributed by atoms with Crippen LogP contribution < -0.4 is 9.47 Å². The molecule has 1 N–H and O–H groups in total. The number of hydrogen-bond acceptors (Lipinski definition) is 6. The van der Waals surface area contributed by atoms with Gasteiger partial charge in [0.1, 0.15) is 0 Å². The van der Waals surface area contributed by atoms with Gasteiger partial charge in [0.2, 0.25) is 5.78 Å². The third kappa shape index (κ3) is 3.86. The van der Waals surface area contributed by atoms with Gasteiger partial charge < -0.3 is 19.2 Å². The molecule has 7 heteroatoms. The molecule has 0 aliphatic rings. The molecular formula is C19H20N2O5. The number of ether oxygens (including phenoxy) is 3. The van der Waals surface area contributed by atoms with Gasteiger partial charge in [-0.3, -0.25) is 4.79 Å². The fourth-order valence-corrected chi connectivity index (χ4v) is 2.66. The second-order valence-corrected chi connectivity index (χ2v) is 5.53. The summed E-state index contributed by atoms with van der Waals surface area (Å²) in [5.74, 6) is -0.221. The molecule has 26 heavy (non-hydrogen) atoms. The number of aryl methyl sites for hydroxylation is 2. The van der Waals surface area contributed by atoms with Crippen LogP contribution in [0.2, 0.25) is 0 Å². The molecular weight excluding hydrogens is 336 g/mol. The van der Waals surface area contributed by atoms with Crippen molar-refractivity contribution in [3.63, 3.8) is 0 Å². The van der Waals surface area contributed by atoms with E-state index in [9.17, 15) is 9.59 Å². The summed E-state index contributed by atoms with van der Waals surface area (Å²) in [4.78, 5) is 27.8. The number of aromatic nitrogens is 1. The lowest BCUT2D eigenvalue weighted by atomic mass is 10.1. The summed E-state index contributed by atoms with van der Waals surface area (Å²) in [5.41, 5.74) is 2.05. The first-order valence-electron chi connectivity index (χ1n) is 8.03. The van der Waals surface area contributed by atoms with Gasteiger partial charge in [-0.2, -0.15) is 5.26 Å². The van der Waals surface area contributed by atoms with Crippen LogP contribution in [-0.2, 0) is 4.74 Å². The molecule has 136 valence electrons. The van der Waals surface area contributed by atoms with Crippen molar-refractivity contribution in [3.05, 3.63) is 46.3 Å². The molecule has 1 aromatic heterocycles. The SMILES string of the molecule is CCOC(=O)c1c(C)[nH]c(C)c1C(=O)COc1ccc(C#N)cc1OC. The monoisotopic (exact) mass is 356 g/mol. The van der Waals surface area contributed by atoms with Gasteiger partial charge in [-0.05, 0) is 32.9 Å². The van der Waals surface area contributed by atoms with Crippen LogP contribution in [-0.4, -0.2) is 37.1 Å². The van der Waals surface area contributed by atoms with Crippen molar-refractivity contribution in [1.82, 2.24) is 4.98 Å². The molecule has 0 atom stereocenters. The molecule has 0 bridgehead atoms. The minimum atomic E-state index is -0.548. The molecule has 7 nitrogen and oxygen atoms in total. The summed E-state index contributed by atoms with van der Waals surface area (Å²) in [6, 6.07) is 6.66. The van der Waals surface area contributed by atoms with E-state index in [-0.39, 0.29) is 30.1 Å². The van der Waals surface area contributed by atoms with Crippen LogP contribution in [0.3, 0.4) is 0 Å². The number of rotatable bonds is 7. The van der Waals surface area contributed by atoms with E-state index < -0.39 is 5.97 Å². The molecule has 0 amide bonds. The largest absolute Gasteiger partial charge is 0.493 e. The molecule has 0 saturated heterocycles. The summed E-state index contributed by atoms with van der Waals surface area (Å²) >= 11 is 0. The van der Waals surface area contributed by atoms with E-state index in [0.717, 1.165) is 0 Å². The number of hydrogen-bond donors (Lipinski definition) is 1. The molecule has 0 saturated carbocycles. The van der Waals surface area contributed by atoms with E-state index in [2.05, 4.69) is 4.98 Å². The van der Waals surface area contributed by atoms with Gasteiger partial charge in [-0.1, -0.05) is 0 Å². The van der Waals surface area contributed by atoms with Crippen molar-refractivity contribution in [2.45, 2.75) is 20.8 Å². The summed E-state index contributed by atoms with van der Waals surface area (Å²) in [7, 11) is 1.45. The van der Waals surface area contributed by atoms with E-state index in [4.69, 9.17) is 19.5 Å². The average molecular weight is 356 g/mol. The first-order chi connectivity index (χ1) is 12.4. The Bertz CT molecular complexity index is 877. The van der Waals surface area contributed by atoms with Crippen molar-refractivity contribution in [2.24, 2.45) is 0 Å². The number of esters is 1. The van der Waals surface area contributed by atoms with Crippen LogP contribution in [0.5, 0.6) is 11.5 Å². The zero-order chi connectivity index (χ0) is 19.3. The first-order valence-corrected chi connectivity index (χ1v) is 8.03. The third-order valence-electron chi connectivity index (χ3n) is 3.78. The van der Waals surface area contributed by atoms with Crippen LogP contribution in [0.25, 0.3) is 0 Å². The molecule has 0 aliphatic carbocycles. The predicted molar refractivity (Wildman–Crippen MR) is 93.8 cm³/mol. The van der Waals surface area contributed by atoms with Crippen LogP contribution in [0.4, 0.5) is 0 Å². The highest BCUT2D eigenvalue weighted by molar-refractivity contribution is 6.08.